The van der Waals surface area contributed by atoms with Crippen molar-refractivity contribution in [2.45, 2.75) is 27.2 Å². The van der Waals surface area contributed by atoms with Crippen LogP contribution in [0.5, 0.6) is 5.75 Å². The van der Waals surface area contributed by atoms with Crippen LogP contribution in [0.4, 0.5) is 0 Å². The summed E-state index contributed by atoms with van der Waals surface area (Å²) < 4.78 is 15.2. The maximum absolute atomic E-state index is 12.9. The van der Waals surface area contributed by atoms with Gasteiger partial charge in [0, 0.05) is 11.3 Å². The van der Waals surface area contributed by atoms with Crippen LogP contribution in [0, 0.1) is 18.3 Å². The Kier molecular flexibility index (Phi) is 9.00. The Hall–Kier alpha value is -3.15. The van der Waals surface area contributed by atoms with Crippen molar-refractivity contribution < 1.29 is 28.6 Å². The third kappa shape index (κ3) is 5.75. The van der Waals surface area contributed by atoms with E-state index in [9.17, 15) is 19.6 Å². The molecule has 1 aromatic heterocycles. The van der Waals surface area contributed by atoms with E-state index in [1.165, 1.54) is 13.2 Å². The van der Waals surface area contributed by atoms with Crippen LogP contribution in [0.1, 0.15) is 49.9 Å². The highest BCUT2D eigenvalue weighted by Gasteiger charge is 2.28. The van der Waals surface area contributed by atoms with Crippen molar-refractivity contribution in [3.8, 4) is 11.8 Å². The number of esters is 2. The molecular formula is C23H22ClNO6S. The van der Waals surface area contributed by atoms with Crippen LogP contribution in [0.15, 0.2) is 23.8 Å². The number of carbonyl (C=O) groups is 3. The van der Waals surface area contributed by atoms with Crippen molar-refractivity contribution in [1.82, 2.24) is 0 Å². The summed E-state index contributed by atoms with van der Waals surface area (Å²) in [5, 5.41) is 9.86. The molecule has 1 heterocycles. The van der Waals surface area contributed by atoms with Crippen molar-refractivity contribution in [2.75, 3.05) is 20.3 Å². The summed E-state index contributed by atoms with van der Waals surface area (Å²) in [4.78, 5) is 38.2. The average molecular weight is 476 g/mol. The lowest BCUT2D eigenvalue weighted by molar-refractivity contribution is -0.114. The molecule has 0 aliphatic carbocycles. The minimum atomic E-state index is -0.635. The third-order valence-corrected chi connectivity index (χ3v) is 5.96. The number of ether oxygens (including phenoxy) is 3. The monoisotopic (exact) mass is 475 g/mol. The summed E-state index contributed by atoms with van der Waals surface area (Å²) in [6, 6.07) is 6.75. The lowest BCUT2D eigenvalue weighted by Gasteiger charge is -2.06. The number of benzene rings is 1. The van der Waals surface area contributed by atoms with Gasteiger partial charge in [-0.15, -0.1) is 11.3 Å². The van der Waals surface area contributed by atoms with Crippen molar-refractivity contribution in [3.63, 3.8) is 0 Å². The van der Waals surface area contributed by atoms with Gasteiger partial charge in [-0.05, 0) is 50.1 Å². The molecule has 168 valence electrons. The number of hydrogen-bond donors (Lipinski definition) is 0. The number of nitriles is 1. The lowest BCUT2D eigenvalue weighted by Crippen LogP contribution is -2.12. The molecule has 0 unspecified atom stereocenters. The first-order valence-electron chi connectivity index (χ1n) is 9.72. The van der Waals surface area contributed by atoms with E-state index in [2.05, 4.69) is 0 Å². The Bertz CT molecular complexity index is 1110. The molecule has 0 bridgehead atoms. The number of rotatable bonds is 9. The van der Waals surface area contributed by atoms with Crippen molar-refractivity contribution in [1.29, 1.82) is 5.26 Å². The number of Topliss-reactive ketones (excluding diaryl/α,β-unsaturated/α-hetero) is 1. The van der Waals surface area contributed by atoms with Gasteiger partial charge in [-0.3, -0.25) is 4.79 Å². The molecule has 2 rings (SSSR count). The minimum absolute atomic E-state index is 0.121. The molecule has 0 saturated carbocycles. The predicted molar refractivity (Wildman–Crippen MR) is 121 cm³/mol. The van der Waals surface area contributed by atoms with E-state index in [4.69, 9.17) is 25.8 Å². The molecule has 32 heavy (non-hydrogen) atoms. The van der Waals surface area contributed by atoms with Crippen molar-refractivity contribution in [2.24, 2.45) is 0 Å². The third-order valence-electron chi connectivity index (χ3n) is 4.39. The first-order valence-corrected chi connectivity index (χ1v) is 10.9. The summed E-state index contributed by atoms with van der Waals surface area (Å²) >= 11 is 7.10. The smallest absolute Gasteiger partial charge is 0.348 e. The van der Waals surface area contributed by atoms with Gasteiger partial charge in [-0.1, -0.05) is 17.7 Å². The number of nitrogens with zero attached hydrogens (tertiary/aromatic N) is 1. The van der Waals surface area contributed by atoms with Crippen LogP contribution >= 0.6 is 22.9 Å². The van der Waals surface area contributed by atoms with E-state index in [0.29, 0.717) is 26.8 Å². The van der Waals surface area contributed by atoms with Gasteiger partial charge in [0.2, 0.25) is 0 Å². The number of ketones is 1. The van der Waals surface area contributed by atoms with E-state index >= 15 is 0 Å². The van der Waals surface area contributed by atoms with E-state index in [1.807, 2.05) is 6.07 Å². The van der Waals surface area contributed by atoms with Crippen LogP contribution in [0.25, 0.3) is 6.08 Å². The maximum Gasteiger partial charge on any atom is 0.348 e. The summed E-state index contributed by atoms with van der Waals surface area (Å²) in [7, 11) is 1.48. The van der Waals surface area contributed by atoms with Gasteiger partial charge in [0.25, 0.3) is 0 Å². The predicted octanol–water partition coefficient (Wildman–Crippen LogP) is 4.79. The van der Waals surface area contributed by atoms with Gasteiger partial charge in [0.15, 0.2) is 5.78 Å². The number of carbonyl (C=O) groups excluding carboxylic acids is 3. The summed E-state index contributed by atoms with van der Waals surface area (Å²) in [5.41, 5.74) is 0.961. The zero-order valence-electron chi connectivity index (χ0n) is 18.1. The minimum Gasteiger partial charge on any atom is -0.495 e. The second-order valence-electron chi connectivity index (χ2n) is 6.46. The Morgan fingerprint density at radius 3 is 2.38 bits per heavy atom. The second kappa shape index (κ2) is 11.5. The van der Waals surface area contributed by atoms with Gasteiger partial charge >= 0.3 is 11.9 Å². The van der Waals surface area contributed by atoms with Crippen LogP contribution in [-0.4, -0.2) is 38.0 Å². The zero-order chi connectivity index (χ0) is 23.8. The molecule has 0 aliphatic rings. The topological polar surface area (TPSA) is 103 Å². The molecule has 0 aliphatic heterocycles. The van der Waals surface area contributed by atoms with Crippen LogP contribution in [0.3, 0.4) is 0 Å². The number of thiophene rings is 1. The molecule has 2 aromatic rings. The van der Waals surface area contributed by atoms with Crippen LogP contribution < -0.4 is 4.74 Å². The molecule has 0 saturated heterocycles. The van der Waals surface area contributed by atoms with Crippen molar-refractivity contribution >= 4 is 46.7 Å². The zero-order valence-corrected chi connectivity index (χ0v) is 19.7. The fraction of sp³-hybridized carbons (Fsp3) is 0.304. The molecule has 0 atom stereocenters. The first kappa shape index (κ1) is 25.1. The van der Waals surface area contributed by atoms with E-state index in [-0.39, 0.29) is 35.6 Å². The Balaban J connectivity index is 2.42. The molecule has 1 aromatic carbocycles. The summed E-state index contributed by atoms with van der Waals surface area (Å²) in [6.07, 6.45) is 1.16. The fourth-order valence-corrected chi connectivity index (χ4v) is 4.37. The molecule has 0 spiro atoms. The van der Waals surface area contributed by atoms with Crippen molar-refractivity contribution in [3.05, 3.63) is 55.2 Å². The molecule has 0 amide bonds. The number of allylic oxidation sites excluding steroid dienone is 1. The quantitative estimate of drug-likeness (QED) is 0.292. The van der Waals surface area contributed by atoms with Gasteiger partial charge in [-0.2, -0.15) is 5.26 Å². The highest BCUT2D eigenvalue weighted by molar-refractivity contribution is 7.14. The highest BCUT2D eigenvalue weighted by atomic mass is 35.5. The van der Waals surface area contributed by atoms with E-state index < -0.39 is 17.7 Å². The number of halogens is 1. The van der Waals surface area contributed by atoms with Crippen LogP contribution in [0.2, 0.25) is 5.02 Å². The largest absolute Gasteiger partial charge is 0.495 e. The number of hydrogen-bond acceptors (Lipinski definition) is 8. The fourth-order valence-electron chi connectivity index (χ4n) is 2.91. The standard InChI is InChI=1S/C23H22ClNO6S/c1-5-30-22(27)20-13(3)21(23(28)31-6-2)32-19(20)11-17(26)15(12-25)9-14-7-8-18(29-4)16(24)10-14/h7-10H,5-6,11H2,1-4H3/b15-9-. The molecule has 7 nitrogen and oxygen atoms in total. The summed E-state index contributed by atoms with van der Waals surface area (Å²) in [5.74, 6) is -1.26. The Morgan fingerprint density at radius 1 is 1.16 bits per heavy atom. The van der Waals surface area contributed by atoms with Gasteiger partial charge in [0.05, 0.1) is 36.5 Å². The van der Waals surface area contributed by atoms with Crippen LogP contribution in [-0.2, 0) is 20.7 Å². The SMILES string of the molecule is CCOC(=O)c1sc(CC(=O)/C(C#N)=C\c2ccc(OC)c(Cl)c2)c(C(=O)OCC)c1C. The van der Waals surface area contributed by atoms with E-state index in [0.717, 1.165) is 11.3 Å². The number of methoxy groups -OCH3 is 1. The summed E-state index contributed by atoms with van der Waals surface area (Å²) in [6.45, 7) is 5.24. The Morgan fingerprint density at radius 2 is 1.81 bits per heavy atom. The molecular weight excluding hydrogens is 454 g/mol. The first-order chi connectivity index (χ1) is 15.3. The average Bonchev–Trinajstić information content (AvgIpc) is 3.08. The molecule has 9 heteroatoms. The van der Waals surface area contributed by atoms with Gasteiger partial charge < -0.3 is 14.2 Å². The highest BCUT2D eigenvalue weighted by Crippen LogP contribution is 2.31. The molecule has 0 N–H and O–H groups in total. The van der Waals surface area contributed by atoms with E-state index in [1.54, 1.807) is 39.0 Å². The lowest BCUT2D eigenvalue weighted by atomic mass is 10.0. The van der Waals surface area contributed by atoms with Gasteiger partial charge in [-0.25, -0.2) is 9.59 Å². The van der Waals surface area contributed by atoms with Gasteiger partial charge in [0.1, 0.15) is 16.7 Å². The maximum atomic E-state index is 12.9. The molecule has 0 radical (unpaired) electrons. The second-order valence-corrected chi connectivity index (χ2v) is 7.97. The normalized spacial score (nSPS) is 10.9. The Labute approximate surface area is 195 Å². The molecule has 0 fully saturated rings.